The summed E-state index contributed by atoms with van der Waals surface area (Å²) < 4.78 is 4.76. The molecule has 0 fully saturated rings. The van der Waals surface area contributed by atoms with Crippen molar-refractivity contribution in [1.82, 2.24) is 8.97 Å². The number of hydrogen-bond acceptors (Lipinski definition) is 1. The Morgan fingerprint density at radius 2 is 0.976 bits per heavy atom. The normalized spacial score (nSPS) is 11.4. The Kier molecular flexibility index (Phi) is 5.46. The molecule has 0 bridgehead atoms. The van der Waals surface area contributed by atoms with E-state index in [-0.39, 0.29) is 0 Å². The molecule has 0 atom stereocenters. The molecule has 0 aliphatic rings. The van der Waals surface area contributed by atoms with Crippen molar-refractivity contribution in [1.29, 1.82) is 0 Å². The van der Waals surface area contributed by atoms with Gasteiger partial charge in [0.1, 0.15) is 0 Å². The average molecular weight is 526 g/mol. The zero-order valence-corrected chi connectivity index (χ0v) is 22.4. The zero-order valence-electron chi connectivity index (χ0n) is 22.4. The Balaban J connectivity index is 1.38. The first-order chi connectivity index (χ1) is 20.4. The van der Waals surface area contributed by atoms with Crippen LogP contribution >= 0.6 is 0 Å². The van der Waals surface area contributed by atoms with Crippen molar-refractivity contribution in [2.75, 3.05) is 4.90 Å². The SMILES string of the molecule is c1ccc(N(c2ccccc2)c2ccc(-c3c4c(c5ccccc5n4-c4ccccc4)c4ccccn34)cc2)cc1. The van der Waals surface area contributed by atoms with Gasteiger partial charge >= 0.3 is 0 Å². The zero-order chi connectivity index (χ0) is 27.2. The Morgan fingerprint density at radius 1 is 0.439 bits per heavy atom. The summed E-state index contributed by atoms with van der Waals surface area (Å²) in [6.45, 7) is 0. The van der Waals surface area contributed by atoms with E-state index in [2.05, 4.69) is 178 Å². The number of para-hydroxylation sites is 4. The predicted molar refractivity (Wildman–Crippen MR) is 172 cm³/mol. The molecule has 3 heteroatoms. The molecular formula is C38H27N3. The van der Waals surface area contributed by atoms with Crippen LogP contribution in [0.4, 0.5) is 17.1 Å². The third-order valence-electron chi connectivity index (χ3n) is 7.90. The van der Waals surface area contributed by atoms with Gasteiger partial charge in [-0.3, -0.25) is 0 Å². The van der Waals surface area contributed by atoms with Gasteiger partial charge in [0, 0.05) is 45.3 Å². The fourth-order valence-electron chi connectivity index (χ4n) is 6.17. The van der Waals surface area contributed by atoms with Gasteiger partial charge in [0.2, 0.25) is 0 Å². The van der Waals surface area contributed by atoms with Gasteiger partial charge in [-0.2, -0.15) is 0 Å². The lowest BCUT2D eigenvalue weighted by molar-refractivity contribution is 1.15. The molecule has 0 spiro atoms. The quantitative estimate of drug-likeness (QED) is 0.218. The molecule has 0 saturated heterocycles. The Labute approximate surface area is 238 Å². The predicted octanol–water partition coefficient (Wildman–Crippen LogP) is 10.2. The second-order valence-corrected chi connectivity index (χ2v) is 10.3. The number of benzene rings is 5. The van der Waals surface area contributed by atoms with Gasteiger partial charge < -0.3 is 13.9 Å². The summed E-state index contributed by atoms with van der Waals surface area (Å²) in [5.41, 5.74) is 10.5. The lowest BCUT2D eigenvalue weighted by Crippen LogP contribution is -2.09. The minimum Gasteiger partial charge on any atom is -0.314 e. The van der Waals surface area contributed by atoms with Crippen molar-refractivity contribution in [3.05, 3.63) is 164 Å². The second kappa shape index (κ2) is 9.58. The van der Waals surface area contributed by atoms with Crippen molar-refractivity contribution in [3.63, 3.8) is 0 Å². The second-order valence-electron chi connectivity index (χ2n) is 10.3. The Bertz CT molecular complexity index is 2080. The number of nitrogens with zero attached hydrogens (tertiary/aromatic N) is 3. The number of hydrogen-bond donors (Lipinski definition) is 0. The molecule has 0 unspecified atom stereocenters. The maximum Gasteiger partial charge on any atom is 0.0809 e. The highest BCUT2D eigenvalue weighted by molar-refractivity contribution is 6.21. The van der Waals surface area contributed by atoms with Gasteiger partial charge in [0.05, 0.1) is 22.2 Å². The first kappa shape index (κ1) is 23.4. The maximum absolute atomic E-state index is 2.42. The third-order valence-corrected chi connectivity index (χ3v) is 7.90. The molecule has 0 radical (unpaired) electrons. The monoisotopic (exact) mass is 525 g/mol. The van der Waals surface area contributed by atoms with E-state index < -0.39 is 0 Å². The summed E-state index contributed by atoms with van der Waals surface area (Å²) in [6, 6.07) is 56.0. The van der Waals surface area contributed by atoms with E-state index in [0.29, 0.717) is 0 Å². The first-order valence-electron chi connectivity index (χ1n) is 14.0. The summed E-state index contributed by atoms with van der Waals surface area (Å²) in [6.07, 6.45) is 2.18. The molecule has 3 aromatic heterocycles. The minimum atomic E-state index is 1.12. The van der Waals surface area contributed by atoms with Crippen molar-refractivity contribution in [2.24, 2.45) is 0 Å². The molecule has 5 aromatic carbocycles. The number of pyridine rings is 1. The molecule has 0 aliphatic heterocycles. The average Bonchev–Trinajstić information content (AvgIpc) is 3.56. The summed E-state index contributed by atoms with van der Waals surface area (Å²) in [5, 5.41) is 2.54. The van der Waals surface area contributed by atoms with Crippen LogP contribution in [0.5, 0.6) is 0 Å². The van der Waals surface area contributed by atoms with E-state index in [1.807, 2.05) is 0 Å². The molecule has 8 rings (SSSR count). The lowest BCUT2D eigenvalue weighted by atomic mass is 10.1. The molecule has 8 aromatic rings. The van der Waals surface area contributed by atoms with E-state index in [1.165, 1.54) is 38.6 Å². The molecule has 194 valence electrons. The highest BCUT2D eigenvalue weighted by Gasteiger charge is 2.22. The fraction of sp³-hybridized carbons (Fsp3) is 0. The van der Waals surface area contributed by atoms with Crippen LogP contribution in [0.3, 0.4) is 0 Å². The van der Waals surface area contributed by atoms with Crippen LogP contribution in [0.1, 0.15) is 0 Å². The van der Waals surface area contributed by atoms with Crippen LogP contribution in [0.2, 0.25) is 0 Å². The molecule has 0 saturated carbocycles. The first-order valence-corrected chi connectivity index (χ1v) is 14.0. The smallest absolute Gasteiger partial charge is 0.0809 e. The number of fused-ring (bicyclic) bond motifs is 5. The van der Waals surface area contributed by atoms with Crippen molar-refractivity contribution in [2.45, 2.75) is 0 Å². The summed E-state index contributed by atoms with van der Waals surface area (Å²) in [5.74, 6) is 0. The number of rotatable bonds is 5. The number of anilines is 3. The van der Waals surface area contributed by atoms with Gasteiger partial charge in [0.25, 0.3) is 0 Å². The van der Waals surface area contributed by atoms with E-state index in [4.69, 9.17) is 0 Å². The van der Waals surface area contributed by atoms with Gasteiger partial charge in [-0.15, -0.1) is 0 Å². The summed E-state index contributed by atoms with van der Waals surface area (Å²) >= 11 is 0. The lowest BCUT2D eigenvalue weighted by Gasteiger charge is -2.25. The van der Waals surface area contributed by atoms with E-state index in [9.17, 15) is 0 Å². The Hall–Kier alpha value is -5.54. The van der Waals surface area contributed by atoms with Crippen LogP contribution in [-0.2, 0) is 0 Å². The summed E-state index contributed by atoms with van der Waals surface area (Å²) in [7, 11) is 0. The Morgan fingerprint density at radius 3 is 1.66 bits per heavy atom. The topological polar surface area (TPSA) is 12.6 Å². The molecule has 41 heavy (non-hydrogen) atoms. The van der Waals surface area contributed by atoms with Crippen LogP contribution in [0.15, 0.2) is 164 Å². The van der Waals surface area contributed by atoms with Gasteiger partial charge in [-0.1, -0.05) is 91.0 Å². The molecule has 3 nitrogen and oxygen atoms in total. The van der Waals surface area contributed by atoms with Crippen molar-refractivity contribution < 1.29 is 0 Å². The summed E-state index contributed by atoms with van der Waals surface area (Å²) in [4.78, 5) is 2.30. The standard InChI is InChI=1S/C38H27N3/c1-4-14-29(15-5-1)40(30-16-6-2-7-17-30)32-25-23-28(24-26-32)37-38-36(35-22-12-13-27-39(35)37)33-20-10-11-21-34(33)41(38)31-18-8-3-9-19-31/h1-27H. The highest BCUT2D eigenvalue weighted by atomic mass is 15.1. The number of aromatic nitrogens is 2. The van der Waals surface area contributed by atoms with Crippen LogP contribution in [0.25, 0.3) is 44.3 Å². The molecule has 0 amide bonds. The van der Waals surface area contributed by atoms with Crippen molar-refractivity contribution >= 4 is 44.4 Å². The molecule has 0 N–H and O–H groups in total. The van der Waals surface area contributed by atoms with E-state index in [0.717, 1.165) is 22.7 Å². The van der Waals surface area contributed by atoms with Crippen LogP contribution < -0.4 is 4.90 Å². The molecular weight excluding hydrogens is 498 g/mol. The van der Waals surface area contributed by atoms with Gasteiger partial charge in [-0.05, 0) is 66.7 Å². The molecule has 3 heterocycles. The van der Waals surface area contributed by atoms with Crippen LogP contribution in [-0.4, -0.2) is 8.97 Å². The van der Waals surface area contributed by atoms with E-state index in [1.54, 1.807) is 0 Å². The minimum absolute atomic E-state index is 1.12. The van der Waals surface area contributed by atoms with E-state index >= 15 is 0 Å². The van der Waals surface area contributed by atoms with Gasteiger partial charge in [-0.25, -0.2) is 0 Å². The highest BCUT2D eigenvalue weighted by Crippen LogP contribution is 2.43. The third kappa shape index (κ3) is 3.75. The largest absolute Gasteiger partial charge is 0.314 e. The van der Waals surface area contributed by atoms with Crippen LogP contribution in [0, 0.1) is 0 Å². The van der Waals surface area contributed by atoms with Crippen molar-refractivity contribution in [3.8, 4) is 16.9 Å². The fourth-order valence-corrected chi connectivity index (χ4v) is 6.17. The van der Waals surface area contributed by atoms with Gasteiger partial charge in [0.15, 0.2) is 0 Å². The maximum atomic E-state index is 2.42. The molecule has 0 aliphatic carbocycles.